The minimum absolute atomic E-state index is 0.0498. The Bertz CT molecular complexity index is 603. The Labute approximate surface area is 138 Å². The van der Waals surface area contributed by atoms with Crippen molar-refractivity contribution in [2.75, 3.05) is 13.6 Å². The van der Waals surface area contributed by atoms with Crippen LogP contribution < -0.4 is 4.74 Å². The second-order valence-electron chi connectivity index (χ2n) is 5.46. The lowest BCUT2D eigenvalue weighted by Gasteiger charge is -2.19. The molecule has 1 saturated heterocycles. The number of hydrogen-bond acceptors (Lipinski definition) is 4. The van der Waals surface area contributed by atoms with Crippen molar-refractivity contribution in [1.29, 1.82) is 0 Å². The van der Waals surface area contributed by atoms with Gasteiger partial charge in [0, 0.05) is 39.4 Å². The van der Waals surface area contributed by atoms with E-state index in [0.29, 0.717) is 0 Å². The molecule has 0 spiro atoms. The first kappa shape index (κ1) is 17.8. The van der Waals surface area contributed by atoms with Crippen molar-refractivity contribution in [3.05, 3.63) is 29.8 Å². The Morgan fingerprint density at radius 1 is 1.21 bits per heavy atom. The van der Waals surface area contributed by atoms with Crippen LogP contribution in [0.25, 0.3) is 0 Å². The molecule has 0 saturated carbocycles. The first-order valence-electron chi connectivity index (χ1n) is 7.47. The van der Waals surface area contributed by atoms with Crippen molar-refractivity contribution in [3.63, 3.8) is 0 Å². The van der Waals surface area contributed by atoms with Crippen molar-refractivity contribution in [2.45, 2.75) is 32.4 Å². The second kappa shape index (κ2) is 7.85. The molecule has 0 atom stereocenters. The van der Waals surface area contributed by atoms with E-state index in [-0.39, 0.29) is 55.8 Å². The summed E-state index contributed by atoms with van der Waals surface area (Å²) in [5.74, 6) is -0.653. The van der Waals surface area contributed by atoms with Crippen molar-refractivity contribution >= 4 is 17.7 Å². The predicted molar refractivity (Wildman–Crippen MR) is 80.1 cm³/mol. The van der Waals surface area contributed by atoms with Gasteiger partial charge in [-0.3, -0.25) is 19.3 Å². The molecule has 0 aliphatic carbocycles. The highest BCUT2D eigenvalue weighted by Crippen LogP contribution is 2.16. The molecule has 8 heteroatoms. The van der Waals surface area contributed by atoms with E-state index in [1.165, 1.54) is 17.0 Å². The van der Waals surface area contributed by atoms with Crippen molar-refractivity contribution < 1.29 is 27.9 Å². The third-order valence-electron chi connectivity index (χ3n) is 3.70. The number of rotatable bonds is 7. The molecule has 0 unspecified atom stereocenters. The standard InChI is InChI=1S/C16H18F2N2O4/c1-19(10-11-2-4-12(5-3-11)24-16(17)18)13(21)8-9-20-14(22)6-7-15(20)23/h2-5,16H,6-10H2,1H3. The van der Waals surface area contributed by atoms with Gasteiger partial charge in [0.15, 0.2) is 0 Å². The van der Waals surface area contributed by atoms with E-state index < -0.39 is 6.61 Å². The van der Waals surface area contributed by atoms with Gasteiger partial charge in [0.1, 0.15) is 5.75 Å². The van der Waals surface area contributed by atoms with Gasteiger partial charge in [-0.05, 0) is 17.7 Å². The summed E-state index contributed by atoms with van der Waals surface area (Å²) < 4.78 is 28.4. The maximum absolute atomic E-state index is 12.1. The summed E-state index contributed by atoms with van der Waals surface area (Å²) in [6.45, 7) is -2.51. The molecular weight excluding hydrogens is 322 g/mol. The molecule has 1 aromatic carbocycles. The fourth-order valence-electron chi connectivity index (χ4n) is 2.41. The molecule has 1 aliphatic rings. The molecule has 0 bridgehead atoms. The van der Waals surface area contributed by atoms with E-state index >= 15 is 0 Å². The van der Waals surface area contributed by atoms with Crippen molar-refractivity contribution in [3.8, 4) is 5.75 Å². The van der Waals surface area contributed by atoms with E-state index in [0.717, 1.165) is 10.5 Å². The van der Waals surface area contributed by atoms with Crippen LogP contribution >= 0.6 is 0 Å². The summed E-state index contributed by atoms with van der Waals surface area (Å²) in [6, 6.07) is 5.99. The molecule has 3 amide bonds. The number of nitrogens with zero attached hydrogens (tertiary/aromatic N) is 2. The Morgan fingerprint density at radius 2 is 1.79 bits per heavy atom. The summed E-state index contributed by atoms with van der Waals surface area (Å²) in [5, 5.41) is 0. The molecule has 130 valence electrons. The average molecular weight is 340 g/mol. The summed E-state index contributed by atoms with van der Waals surface area (Å²) in [6.07, 6.45) is 0.465. The monoisotopic (exact) mass is 340 g/mol. The zero-order chi connectivity index (χ0) is 17.7. The second-order valence-corrected chi connectivity index (χ2v) is 5.46. The number of ether oxygens (including phenoxy) is 1. The zero-order valence-electron chi connectivity index (χ0n) is 13.2. The molecule has 1 aliphatic heterocycles. The van der Waals surface area contributed by atoms with Crippen LogP contribution in [0.1, 0.15) is 24.8 Å². The third kappa shape index (κ3) is 4.74. The number of amides is 3. The summed E-state index contributed by atoms with van der Waals surface area (Å²) in [4.78, 5) is 37.6. The normalized spacial score (nSPS) is 14.4. The van der Waals surface area contributed by atoms with Gasteiger partial charge in [-0.1, -0.05) is 12.1 Å². The lowest BCUT2D eigenvalue weighted by Crippen LogP contribution is -2.34. The minimum Gasteiger partial charge on any atom is -0.435 e. The van der Waals surface area contributed by atoms with Crippen LogP contribution in [0.5, 0.6) is 5.75 Å². The maximum atomic E-state index is 12.1. The first-order chi connectivity index (χ1) is 11.4. The third-order valence-corrected chi connectivity index (χ3v) is 3.70. The van der Waals surface area contributed by atoms with Gasteiger partial charge in [-0.25, -0.2) is 0 Å². The number of alkyl halides is 2. The average Bonchev–Trinajstić information content (AvgIpc) is 2.85. The Hall–Kier alpha value is -2.51. The summed E-state index contributed by atoms with van der Waals surface area (Å²) >= 11 is 0. The van der Waals surface area contributed by atoms with Crippen LogP contribution in [0, 0.1) is 0 Å². The van der Waals surface area contributed by atoms with Gasteiger partial charge < -0.3 is 9.64 Å². The van der Waals surface area contributed by atoms with E-state index in [9.17, 15) is 23.2 Å². The number of likely N-dealkylation sites (tertiary alicyclic amines) is 1. The molecule has 1 aromatic rings. The van der Waals surface area contributed by atoms with Crippen LogP contribution in [0.4, 0.5) is 8.78 Å². The fraction of sp³-hybridized carbons (Fsp3) is 0.438. The number of halogens is 2. The van der Waals surface area contributed by atoms with Gasteiger partial charge in [0.2, 0.25) is 17.7 Å². The quantitative estimate of drug-likeness (QED) is 0.710. The summed E-state index contributed by atoms with van der Waals surface area (Å²) in [7, 11) is 1.60. The zero-order valence-corrected chi connectivity index (χ0v) is 13.2. The fourth-order valence-corrected chi connectivity index (χ4v) is 2.41. The molecular formula is C16H18F2N2O4. The first-order valence-corrected chi connectivity index (χ1v) is 7.47. The Morgan fingerprint density at radius 3 is 2.33 bits per heavy atom. The van der Waals surface area contributed by atoms with Crippen LogP contribution in [0.2, 0.25) is 0 Å². The van der Waals surface area contributed by atoms with Gasteiger partial charge in [-0.15, -0.1) is 0 Å². The Kier molecular flexibility index (Phi) is 5.83. The van der Waals surface area contributed by atoms with Crippen LogP contribution in [0.15, 0.2) is 24.3 Å². The number of hydrogen-bond donors (Lipinski definition) is 0. The molecule has 1 fully saturated rings. The smallest absolute Gasteiger partial charge is 0.387 e. The highest BCUT2D eigenvalue weighted by Gasteiger charge is 2.29. The van der Waals surface area contributed by atoms with Crippen LogP contribution in [0.3, 0.4) is 0 Å². The van der Waals surface area contributed by atoms with E-state index in [1.54, 1.807) is 19.2 Å². The number of carbonyl (C=O) groups excluding carboxylic acids is 3. The van der Waals surface area contributed by atoms with Crippen molar-refractivity contribution in [1.82, 2.24) is 9.80 Å². The number of imide groups is 1. The van der Waals surface area contributed by atoms with Gasteiger partial charge >= 0.3 is 6.61 Å². The van der Waals surface area contributed by atoms with Gasteiger partial charge in [0.25, 0.3) is 0 Å². The van der Waals surface area contributed by atoms with Gasteiger partial charge in [0.05, 0.1) is 0 Å². The van der Waals surface area contributed by atoms with Gasteiger partial charge in [-0.2, -0.15) is 8.78 Å². The highest BCUT2D eigenvalue weighted by atomic mass is 19.3. The Balaban J connectivity index is 1.82. The van der Waals surface area contributed by atoms with Crippen molar-refractivity contribution in [2.24, 2.45) is 0 Å². The van der Waals surface area contributed by atoms with Crippen LogP contribution in [-0.2, 0) is 20.9 Å². The highest BCUT2D eigenvalue weighted by molar-refractivity contribution is 6.02. The molecule has 1 heterocycles. The molecule has 6 nitrogen and oxygen atoms in total. The molecule has 2 rings (SSSR count). The lowest BCUT2D eigenvalue weighted by atomic mass is 10.2. The van der Waals surface area contributed by atoms with E-state index in [4.69, 9.17) is 0 Å². The maximum Gasteiger partial charge on any atom is 0.387 e. The minimum atomic E-state index is -2.88. The van der Waals surface area contributed by atoms with Crippen LogP contribution in [-0.4, -0.2) is 47.7 Å². The van der Waals surface area contributed by atoms with E-state index in [1.807, 2.05) is 0 Å². The summed E-state index contributed by atoms with van der Waals surface area (Å²) in [5.41, 5.74) is 0.751. The predicted octanol–water partition coefficient (Wildman–Crippen LogP) is 1.79. The van der Waals surface area contributed by atoms with E-state index in [2.05, 4.69) is 4.74 Å². The lowest BCUT2D eigenvalue weighted by molar-refractivity contribution is -0.139. The number of carbonyl (C=O) groups is 3. The SMILES string of the molecule is CN(Cc1ccc(OC(F)F)cc1)C(=O)CCN1C(=O)CCC1=O. The number of benzene rings is 1. The molecule has 0 aromatic heterocycles. The molecule has 0 radical (unpaired) electrons. The molecule has 24 heavy (non-hydrogen) atoms. The topological polar surface area (TPSA) is 66.9 Å². The molecule has 0 N–H and O–H groups in total. The largest absolute Gasteiger partial charge is 0.435 e.